The Morgan fingerprint density at radius 2 is 2.07 bits per heavy atom. The van der Waals surface area contributed by atoms with Crippen molar-refractivity contribution in [2.75, 3.05) is 7.11 Å². The van der Waals surface area contributed by atoms with Gasteiger partial charge in [0.1, 0.15) is 5.75 Å². The van der Waals surface area contributed by atoms with Gasteiger partial charge < -0.3 is 15.5 Å². The van der Waals surface area contributed by atoms with Gasteiger partial charge in [0.25, 0.3) is 0 Å². The standard InChI is InChI=1S/C9H13N3OS/c1-13-8-4-2-7(3-5-8)6-11-9(14)12-10/h2-5H,6,10H2,1H3,(H2,11,12,14). The van der Waals surface area contributed by atoms with Crippen LogP contribution in [-0.4, -0.2) is 12.2 Å². The van der Waals surface area contributed by atoms with E-state index in [2.05, 4.69) is 10.7 Å². The molecule has 0 aliphatic heterocycles. The van der Waals surface area contributed by atoms with Gasteiger partial charge >= 0.3 is 0 Å². The van der Waals surface area contributed by atoms with Crippen molar-refractivity contribution in [1.29, 1.82) is 0 Å². The number of ether oxygens (including phenoxy) is 1. The Bertz CT molecular complexity index is 299. The molecule has 0 saturated carbocycles. The van der Waals surface area contributed by atoms with E-state index in [9.17, 15) is 0 Å². The van der Waals surface area contributed by atoms with Crippen LogP contribution in [0.3, 0.4) is 0 Å². The van der Waals surface area contributed by atoms with Crippen LogP contribution in [0.5, 0.6) is 5.75 Å². The van der Waals surface area contributed by atoms with Crippen LogP contribution in [0.15, 0.2) is 24.3 Å². The average molecular weight is 211 g/mol. The molecule has 0 aliphatic carbocycles. The van der Waals surface area contributed by atoms with Crippen LogP contribution in [0.25, 0.3) is 0 Å². The fourth-order valence-electron chi connectivity index (χ4n) is 0.977. The number of rotatable bonds is 3. The molecule has 0 fully saturated rings. The molecule has 14 heavy (non-hydrogen) atoms. The second kappa shape index (κ2) is 5.41. The molecule has 76 valence electrons. The lowest BCUT2D eigenvalue weighted by molar-refractivity contribution is 0.414. The van der Waals surface area contributed by atoms with E-state index in [1.54, 1.807) is 7.11 Å². The Labute approximate surface area is 88.4 Å². The van der Waals surface area contributed by atoms with Crippen molar-refractivity contribution in [2.45, 2.75) is 6.54 Å². The summed E-state index contributed by atoms with van der Waals surface area (Å²) in [6.45, 7) is 0.646. The van der Waals surface area contributed by atoms with Gasteiger partial charge in [-0.05, 0) is 29.9 Å². The van der Waals surface area contributed by atoms with Crippen molar-refractivity contribution in [3.8, 4) is 5.75 Å². The molecule has 0 aromatic heterocycles. The summed E-state index contributed by atoms with van der Waals surface area (Å²) in [7, 11) is 1.64. The Kier molecular flexibility index (Phi) is 4.15. The van der Waals surface area contributed by atoms with Crippen molar-refractivity contribution >= 4 is 17.3 Å². The lowest BCUT2D eigenvalue weighted by Crippen LogP contribution is -2.39. The molecule has 4 N–H and O–H groups in total. The summed E-state index contributed by atoms with van der Waals surface area (Å²) in [6, 6.07) is 7.72. The minimum atomic E-state index is 0.431. The van der Waals surface area contributed by atoms with Crippen LogP contribution in [0.4, 0.5) is 0 Å². The van der Waals surface area contributed by atoms with Crippen LogP contribution in [0.2, 0.25) is 0 Å². The quantitative estimate of drug-likeness (QED) is 0.387. The predicted octanol–water partition coefficient (Wildman–Crippen LogP) is 0.533. The highest BCUT2D eigenvalue weighted by Crippen LogP contribution is 2.10. The first-order chi connectivity index (χ1) is 6.76. The topological polar surface area (TPSA) is 59.3 Å². The zero-order valence-electron chi connectivity index (χ0n) is 7.91. The first-order valence-corrected chi connectivity index (χ1v) is 4.54. The maximum Gasteiger partial charge on any atom is 0.180 e. The Morgan fingerprint density at radius 1 is 1.43 bits per heavy atom. The molecule has 0 amide bonds. The lowest BCUT2D eigenvalue weighted by Gasteiger charge is -2.07. The van der Waals surface area contributed by atoms with E-state index in [1.165, 1.54) is 0 Å². The third kappa shape index (κ3) is 3.20. The maximum atomic E-state index is 5.11. The van der Waals surface area contributed by atoms with Crippen molar-refractivity contribution in [1.82, 2.24) is 10.7 Å². The van der Waals surface area contributed by atoms with Crippen molar-refractivity contribution in [3.05, 3.63) is 29.8 Å². The van der Waals surface area contributed by atoms with Crippen LogP contribution >= 0.6 is 12.2 Å². The van der Waals surface area contributed by atoms with E-state index < -0.39 is 0 Å². The molecule has 0 aliphatic rings. The molecule has 4 nitrogen and oxygen atoms in total. The number of hydrogen-bond acceptors (Lipinski definition) is 3. The van der Waals surface area contributed by atoms with Crippen LogP contribution in [0.1, 0.15) is 5.56 Å². The van der Waals surface area contributed by atoms with Gasteiger partial charge in [0.15, 0.2) is 5.11 Å². The van der Waals surface area contributed by atoms with E-state index in [-0.39, 0.29) is 0 Å². The summed E-state index contributed by atoms with van der Waals surface area (Å²) >= 11 is 4.83. The van der Waals surface area contributed by atoms with Gasteiger partial charge in [0, 0.05) is 6.54 Å². The summed E-state index contributed by atoms with van der Waals surface area (Å²) in [5, 5.41) is 3.37. The predicted molar refractivity (Wildman–Crippen MR) is 59.8 cm³/mol. The molecule has 0 bridgehead atoms. The molecule has 0 atom stereocenters. The van der Waals surface area contributed by atoms with Gasteiger partial charge in [-0.25, -0.2) is 5.84 Å². The number of hydrogen-bond donors (Lipinski definition) is 3. The third-order valence-electron chi connectivity index (χ3n) is 1.74. The Balaban J connectivity index is 2.47. The van der Waals surface area contributed by atoms with E-state index in [4.69, 9.17) is 22.8 Å². The number of methoxy groups -OCH3 is 1. The average Bonchev–Trinajstić information content (AvgIpc) is 2.26. The number of thiocarbonyl (C=S) groups is 1. The summed E-state index contributed by atoms with van der Waals surface area (Å²) in [5.41, 5.74) is 3.47. The molecule has 1 aromatic carbocycles. The maximum absolute atomic E-state index is 5.11. The van der Waals surface area contributed by atoms with Gasteiger partial charge in [0.2, 0.25) is 0 Å². The molecule has 0 saturated heterocycles. The van der Waals surface area contributed by atoms with E-state index in [0.717, 1.165) is 11.3 Å². The number of nitrogens with one attached hydrogen (secondary N) is 2. The third-order valence-corrected chi connectivity index (χ3v) is 2.01. The largest absolute Gasteiger partial charge is 0.497 e. The van der Waals surface area contributed by atoms with Crippen molar-refractivity contribution < 1.29 is 4.74 Å². The van der Waals surface area contributed by atoms with E-state index in [0.29, 0.717) is 11.7 Å². The summed E-state index contributed by atoms with van der Waals surface area (Å²) in [6.07, 6.45) is 0. The minimum Gasteiger partial charge on any atom is -0.497 e. The van der Waals surface area contributed by atoms with Crippen LogP contribution < -0.4 is 21.3 Å². The van der Waals surface area contributed by atoms with E-state index in [1.807, 2.05) is 24.3 Å². The van der Waals surface area contributed by atoms with Gasteiger partial charge in [-0.2, -0.15) is 0 Å². The normalized spacial score (nSPS) is 9.29. The molecule has 1 rings (SSSR count). The first-order valence-electron chi connectivity index (χ1n) is 4.13. The molecular weight excluding hydrogens is 198 g/mol. The highest BCUT2D eigenvalue weighted by molar-refractivity contribution is 7.80. The summed E-state index contributed by atoms with van der Waals surface area (Å²) in [5.74, 6) is 5.95. The van der Waals surface area contributed by atoms with E-state index >= 15 is 0 Å². The molecule has 0 spiro atoms. The number of benzene rings is 1. The summed E-state index contributed by atoms with van der Waals surface area (Å²) < 4.78 is 5.04. The Hall–Kier alpha value is -1.33. The second-order valence-corrected chi connectivity index (χ2v) is 3.08. The van der Waals surface area contributed by atoms with Gasteiger partial charge in [-0.3, -0.25) is 0 Å². The molecule has 0 unspecified atom stereocenters. The molecule has 1 aromatic rings. The summed E-state index contributed by atoms with van der Waals surface area (Å²) in [4.78, 5) is 0. The van der Waals surface area contributed by atoms with Gasteiger partial charge in [0.05, 0.1) is 7.11 Å². The van der Waals surface area contributed by atoms with Gasteiger partial charge in [-0.15, -0.1) is 0 Å². The lowest BCUT2D eigenvalue weighted by atomic mass is 10.2. The highest BCUT2D eigenvalue weighted by Gasteiger charge is 1.95. The van der Waals surface area contributed by atoms with Gasteiger partial charge in [-0.1, -0.05) is 12.1 Å². The smallest absolute Gasteiger partial charge is 0.180 e. The highest BCUT2D eigenvalue weighted by atomic mass is 32.1. The van der Waals surface area contributed by atoms with Crippen molar-refractivity contribution in [2.24, 2.45) is 5.84 Å². The molecule has 0 radical (unpaired) electrons. The molecule has 5 heteroatoms. The van der Waals surface area contributed by atoms with Crippen molar-refractivity contribution in [3.63, 3.8) is 0 Å². The molecular formula is C9H13N3OS. The Morgan fingerprint density at radius 3 is 2.57 bits per heavy atom. The fraction of sp³-hybridized carbons (Fsp3) is 0.222. The van der Waals surface area contributed by atoms with Crippen LogP contribution in [-0.2, 0) is 6.54 Å². The van der Waals surface area contributed by atoms with Crippen LogP contribution in [0, 0.1) is 0 Å². The second-order valence-electron chi connectivity index (χ2n) is 2.68. The molecule has 0 heterocycles. The number of hydrazine groups is 1. The zero-order chi connectivity index (χ0) is 10.4. The monoisotopic (exact) mass is 211 g/mol. The zero-order valence-corrected chi connectivity index (χ0v) is 8.73. The number of nitrogens with two attached hydrogens (primary N) is 1. The first kappa shape index (κ1) is 10.7. The minimum absolute atomic E-state index is 0.431. The SMILES string of the molecule is COc1ccc(CNC(=S)NN)cc1. The fourth-order valence-corrected chi connectivity index (χ4v) is 1.05.